The molecule has 2 aromatic rings. The minimum atomic E-state index is -4.18. The van der Waals surface area contributed by atoms with Crippen molar-refractivity contribution in [1.29, 1.82) is 0 Å². The highest BCUT2D eigenvalue weighted by molar-refractivity contribution is 7.87. The monoisotopic (exact) mass is 455 g/mol. The third-order valence-corrected chi connectivity index (χ3v) is 8.24. The molecule has 0 saturated heterocycles. The van der Waals surface area contributed by atoms with Gasteiger partial charge in [-0.2, -0.15) is 8.42 Å². The Morgan fingerprint density at radius 3 is 2.50 bits per heavy atom. The molecule has 2 saturated carbocycles. The van der Waals surface area contributed by atoms with Crippen LogP contribution in [-0.2, 0) is 19.2 Å². The Labute approximate surface area is 184 Å². The van der Waals surface area contributed by atoms with E-state index in [2.05, 4.69) is 6.58 Å². The zero-order chi connectivity index (χ0) is 22.8. The summed E-state index contributed by atoms with van der Waals surface area (Å²) in [6.07, 6.45) is 3.11. The summed E-state index contributed by atoms with van der Waals surface area (Å²) >= 11 is 0. The minimum Gasteiger partial charge on any atom is -0.423 e. The van der Waals surface area contributed by atoms with Crippen molar-refractivity contribution in [3.05, 3.63) is 53.6 Å². The van der Waals surface area contributed by atoms with Gasteiger partial charge in [0.25, 0.3) is 21.9 Å². The van der Waals surface area contributed by atoms with Gasteiger partial charge in [0.1, 0.15) is 5.75 Å². The molecule has 1 aliphatic heterocycles. The molecule has 3 aliphatic rings. The normalized spacial score (nSPS) is 24.3. The molecule has 2 bridgehead atoms. The maximum Gasteiger partial charge on any atom is 0.338 e. The molecular formula is C23H21NO7S. The highest BCUT2D eigenvalue weighted by Gasteiger charge is 2.49. The van der Waals surface area contributed by atoms with Gasteiger partial charge < -0.3 is 4.74 Å². The third-order valence-electron chi connectivity index (χ3n) is 6.56. The van der Waals surface area contributed by atoms with Gasteiger partial charge in [-0.3, -0.25) is 9.59 Å². The largest absolute Gasteiger partial charge is 0.423 e. The molecule has 2 aliphatic carbocycles. The van der Waals surface area contributed by atoms with Crippen LogP contribution in [0.1, 0.15) is 53.3 Å². The molecule has 0 N–H and O–H groups in total. The van der Waals surface area contributed by atoms with Gasteiger partial charge >= 0.3 is 5.97 Å². The molecule has 5 rings (SSSR count). The molecule has 166 valence electrons. The third kappa shape index (κ3) is 3.23. The number of benzene rings is 2. The van der Waals surface area contributed by atoms with E-state index in [1.165, 1.54) is 25.1 Å². The standard InChI is InChI=1S/C23H21NO7S/c1-12(2)23(27)30-16-10-15-4-3-5-17-20(15)18(11-16)22(26)24(21(17)25)31-32(28,29)19-9-13-6-7-14(19)8-13/h3-5,10-11,13-14,19H,1,6-9H2,2H3. The Morgan fingerprint density at radius 2 is 1.84 bits per heavy atom. The molecule has 32 heavy (non-hydrogen) atoms. The Kier molecular flexibility index (Phi) is 4.72. The highest BCUT2D eigenvalue weighted by atomic mass is 32.2. The van der Waals surface area contributed by atoms with E-state index in [0.717, 1.165) is 19.3 Å². The van der Waals surface area contributed by atoms with Gasteiger partial charge in [0.15, 0.2) is 0 Å². The van der Waals surface area contributed by atoms with Crippen LogP contribution in [0, 0.1) is 11.8 Å². The van der Waals surface area contributed by atoms with Gasteiger partial charge in [0.2, 0.25) is 0 Å². The average molecular weight is 455 g/mol. The van der Waals surface area contributed by atoms with Crippen LogP contribution in [0.2, 0.25) is 0 Å². The number of esters is 1. The lowest BCUT2D eigenvalue weighted by Crippen LogP contribution is -2.44. The summed E-state index contributed by atoms with van der Waals surface area (Å²) in [6.45, 7) is 5.02. The second-order valence-electron chi connectivity index (χ2n) is 8.73. The van der Waals surface area contributed by atoms with Crippen LogP contribution in [0.4, 0.5) is 0 Å². The summed E-state index contributed by atoms with van der Waals surface area (Å²) in [5.41, 5.74) is 0.333. The molecule has 0 spiro atoms. The lowest BCUT2D eigenvalue weighted by Gasteiger charge is -2.28. The number of hydrogen-bond acceptors (Lipinski definition) is 7. The van der Waals surface area contributed by atoms with Gasteiger partial charge in [-0.05, 0) is 61.6 Å². The smallest absolute Gasteiger partial charge is 0.338 e. The van der Waals surface area contributed by atoms with E-state index >= 15 is 0 Å². The molecule has 1 heterocycles. The molecule has 0 radical (unpaired) electrons. The van der Waals surface area contributed by atoms with E-state index in [1.54, 1.807) is 12.1 Å². The first kappa shape index (κ1) is 20.8. The first-order chi connectivity index (χ1) is 15.2. The molecule has 9 heteroatoms. The molecular weight excluding hydrogens is 434 g/mol. The minimum absolute atomic E-state index is 0.0103. The van der Waals surface area contributed by atoms with Crippen molar-refractivity contribution in [2.75, 3.05) is 0 Å². The number of imide groups is 1. The Morgan fingerprint density at radius 1 is 1.09 bits per heavy atom. The number of amides is 2. The Bertz CT molecular complexity index is 1310. The second-order valence-corrected chi connectivity index (χ2v) is 10.5. The van der Waals surface area contributed by atoms with Gasteiger partial charge in [-0.25, -0.2) is 4.79 Å². The van der Waals surface area contributed by atoms with Gasteiger partial charge in [0, 0.05) is 11.0 Å². The van der Waals surface area contributed by atoms with Crippen LogP contribution in [0.3, 0.4) is 0 Å². The number of ether oxygens (including phenoxy) is 1. The quantitative estimate of drug-likeness (QED) is 0.294. The van der Waals surface area contributed by atoms with E-state index in [-0.39, 0.29) is 28.4 Å². The van der Waals surface area contributed by atoms with Crippen molar-refractivity contribution < 1.29 is 31.8 Å². The van der Waals surface area contributed by atoms with Crippen molar-refractivity contribution >= 4 is 38.7 Å². The lowest BCUT2D eigenvalue weighted by atomic mass is 9.95. The molecule has 0 aromatic heterocycles. The molecule has 3 unspecified atom stereocenters. The van der Waals surface area contributed by atoms with Crippen LogP contribution >= 0.6 is 0 Å². The van der Waals surface area contributed by atoms with Crippen LogP contribution in [0.25, 0.3) is 10.8 Å². The van der Waals surface area contributed by atoms with Crippen LogP contribution in [0.15, 0.2) is 42.5 Å². The van der Waals surface area contributed by atoms with Gasteiger partial charge in [-0.1, -0.05) is 25.1 Å². The van der Waals surface area contributed by atoms with Gasteiger partial charge in [-0.15, -0.1) is 9.35 Å². The first-order valence-corrected chi connectivity index (χ1v) is 11.9. The fraction of sp³-hybridized carbons (Fsp3) is 0.348. The predicted molar refractivity (Wildman–Crippen MR) is 114 cm³/mol. The fourth-order valence-electron chi connectivity index (χ4n) is 5.08. The molecule has 3 atom stereocenters. The number of fused-ring (bicyclic) bond motifs is 2. The number of rotatable bonds is 5. The molecule has 2 fully saturated rings. The Balaban J connectivity index is 1.53. The topological polar surface area (TPSA) is 107 Å². The fourth-order valence-corrected chi connectivity index (χ4v) is 6.76. The number of hydrogen-bond donors (Lipinski definition) is 0. The van der Waals surface area contributed by atoms with Gasteiger partial charge in [0.05, 0.1) is 16.4 Å². The van der Waals surface area contributed by atoms with E-state index in [9.17, 15) is 22.8 Å². The van der Waals surface area contributed by atoms with Crippen molar-refractivity contribution in [3.8, 4) is 5.75 Å². The summed E-state index contributed by atoms with van der Waals surface area (Å²) in [6, 6.07) is 7.61. The zero-order valence-corrected chi connectivity index (χ0v) is 18.2. The maximum atomic E-state index is 13.2. The maximum absolute atomic E-state index is 13.2. The van der Waals surface area contributed by atoms with Crippen LogP contribution < -0.4 is 4.74 Å². The second kappa shape index (κ2) is 7.25. The van der Waals surface area contributed by atoms with Crippen molar-refractivity contribution in [3.63, 3.8) is 0 Å². The molecule has 2 aromatic carbocycles. The average Bonchev–Trinajstić information content (AvgIpc) is 3.39. The van der Waals surface area contributed by atoms with E-state index in [0.29, 0.717) is 28.2 Å². The number of carbonyl (C=O) groups excluding carboxylic acids is 3. The number of hydroxylamine groups is 2. The molecule has 8 nitrogen and oxygen atoms in total. The van der Waals surface area contributed by atoms with E-state index < -0.39 is 33.2 Å². The predicted octanol–water partition coefficient (Wildman–Crippen LogP) is 3.37. The summed E-state index contributed by atoms with van der Waals surface area (Å²) in [5.74, 6) is -2.01. The number of nitrogens with zero attached hydrogens (tertiary/aromatic N) is 1. The summed E-state index contributed by atoms with van der Waals surface area (Å²) < 4.78 is 36.4. The first-order valence-electron chi connectivity index (χ1n) is 10.4. The summed E-state index contributed by atoms with van der Waals surface area (Å²) in [7, 11) is -4.18. The summed E-state index contributed by atoms with van der Waals surface area (Å²) in [5, 5.41) is 0.460. The summed E-state index contributed by atoms with van der Waals surface area (Å²) in [4.78, 5) is 38.2. The van der Waals surface area contributed by atoms with E-state index in [4.69, 9.17) is 9.02 Å². The Hall–Kier alpha value is -3.04. The van der Waals surface area contributed by atoms with Crippen LogP contribution in [-0.4, -0.2) is 36.5 Å². The van der Waals surface area contributed by atoms with Crippen molar-refractivity contribution in [1.82, 2.24) is 5.06 Å². The lowest BCUT2D eigenvalue weighted by molar-refractivity contribution is -0.130. The van der Waals surface area contributed by atoms with Crippen LogP contribution in [0.5, 0.6) is 5.75 Å². The zero-order valence-electron chi connectivity index (χ0n) is 17.4. The highest BCUT2D eigenvalue weighted by Crippen LogP contribution is 2.48. The van der Waals surface area contributed by atoms with E-state index in [1.807, 2.05) is 0 Å². The van der Waals surface area contributed by atoms with Crippen molar-refractivity contribution in [2.24, 2.45) is 11.8 Å². The molecule has 2 amide bonds. The van der Waals surface area contributed by atoms with Crippen molar-refractivity contribution in [2.45, 2.75) is 37.9 Å². The number of carbonyl (C=O) groups is 3. The SMILES string of the molecule is C=C(C)C(=O)Oc1cc2c3c(cccc3c1)C(=O)N(OS(=O)(=O)C1CC3CCC1C3)C2=O.